The maximum absolute atomic E-state index is 6.09. The van der Waals surface area contributed by atoms with Crippen LogP contribution in [0.4, 0.5) is 0 Å². The lowest BCUT2D eigenvalue weighted by molar-refractivity contribution is 0.261. The fraction of sp³-hybridized carbons (Fsp3) is 0.538. The molecule has 0 amide bonds. The first-order valence-electron chi connectivity index (χ1n) is 11.7. The summed E-state index contributed by atoms with van der Waals surface area (Å²) in [5.74, 6) is 1.44. The van der Waals surface area contributed by atoms with E-state index in [0.29, 0.717) is 22.4 Å². The molecule has 0 saturated heterocycles. The van der Waals surface area contributed by atoms with Crippen molar-refractivity contribution in [3.8, 4) is 11.5 Å². The molecule has 0 atom stereocenters. The molecule has 0 aliphatic heterocycles. The molecular weight excluding hydrogens is 443 g/mol. The van der Waals surface area contributed by atoms with Gasteiger partial charge in [0.2, 0.25) is 0 Å². The molecule has 0 aliphatic rings. The highest BCUT2D eigenvalue weighted by atomic mass is 35.5. The molecule has 2 aromatic carbocycles. The number of hydrogen-bond donors (Lipinski definition) is 1. The van der Waals surface area contributed by atoms with Gasteiger partial charge >= 0.3 is 0 Å². The lowest BCUT2D eigenvalue weighted by atomic mass is 10.2. The average molecular weight is 482 g/mol. The van der Waals surface area contributed by atoms with Gasteiger partial charge in [0, 0.05) is 6.54 Å². The highest BCUT2D eigenvalue weighted by molar-refractivity contribution is 6.42. The Labute approximate surface area is 204 Å². The van der Waals surface area contributed by atoms with Crippen LogP contribution >= 0.6 is 23.2 Å². The molecule has 0 radical (unpaired) electrons. The third kappa shape index (κ3) is 9.58. The van der Waals surface area contributed by atoms with Crippen LogP contribution in [-0.4, -0.2) is 38.2 Å². The molecule has 0 heterocycles. The minimum absolute atomic E-state index is 0.400. The highest BCUT2D eigenvalue weighted by Crippen LogP contribution is 2.29. The Morgan fingerprint density at radius 1 is 0.812 bits per heavy atom. The molecule has 32 heavy (non-hydrogen) atoms. The first kappa shape index (κ1) is 26.8. The lowest BCUT2D eigenvalue weighted by Gasteiger charge is -2.22. The van der Waals surface area contributed by atoms with Crippen LogP contribution in [-0.2, 0) is 13.2 Å². The summed E-state index contributed by atoms with van der Waals surface area (Å²) in [7, 11) is 1.67. The maximum Gasteiger partial charge on any atom is 0.161 e. The van der Waals surface area contributed by atoms with Gasteiger partial charge in [0.05, 0.1) is 17.2 Å². The normalized spacial score (nSPS) is 11.2. The zero-order valence-electron chi connectivity index (χ0n) is 19.8. The molecular formula is C26H38Cl2N2O2. The molecule has 0 aliphatic carbocycles. The Balaban J connectivity index is 1.78. The average Bonchev–Trinajstić information content (AvgIpc) is 2.81. The molecule has 4 nitrogen and oxygen atoms in total. The summed E-state index contributed by atoms with van der Waals surface area (Å²) < 4.78 is 11.5. The maximum atomic E-state index is 6.09. The number of methoxy groups -OCH3 is 1. The predicted molar refractivity (Wildman–Crippen MR) is 136 cm³/mol. The largest absolute Gasteiger partial charge is 0.493 e. The number of nitrogens with zero attached hydrogens (tertiary/aromatic N) is 1. The van der Waals surface area contributed by atoms with Crippen LogP contribution in [0.25, 0.3) is 0 Å². The van der Waals surface area contributed by atoms with Crippen LogP contribution in [0.15, 0.2) is 36.4 Å². The van der Waals surface area contributed by atoms with Gasteiger partial charge < -0.3 is 19.7 Å². The predicted octanol–water partition coefficient (Wildman–Crippen LogP) is 6.96. The van der Waals surface area contributed by atoms with Crippen molar-refractivity contribution >= 4 is 23.2 Å². The van der Waals surface area contributed by atoms with Crippen molar-refractivity contribution in [2.45, 2.75) is 59.1 Å². The number of halogens is 2. The van der Waals surface area contributed by atoms with Gasteiger partial charge in [0.1, 0.15) is 6.61 Å². The first-order valence-corrected chi connectivity index (χ1v) is 12.5. The monoisotopic (exact) mass is 480 g/mol. The molecule has 178 valence electrons. The lowest BCUT2D eigenvalue weighted by Crippen LogP contribution is -2.29. The van der Waals surface area contributed by atoms with E-state index in [1.54, 1.807) is 13.2 Å². The minimum atomic E-state index is 0.400. The van der Waals surface area contributed by atoms with Crippen molar-refractivity contribution in [2.24, 2.45) is 0 Å². The van der Waals surface area contributed by atoms with E-state index in [-0.39, 0.29) is 0 Å². The molecule has 2 aromatic rings. The second-order valence-corrected chi connectivity index (χ2v) is 8.92. The molecule has 0 fully saturated rings. The zero-order valence-corrected chi connectivity index (χ0v) is 21.3. The second-order valence-electron chi connectivity index (χ2n) is 8.10. The van der Waals surface area contributed by atoms with Crippen molar-refractivity contribution in [1.82, 2.24) is 10.2 Å². The third-order valence-corrected chi connectivity index (χ3v) is 6.16. The standard InChI is InChI=1S/C26H38Cl2N2O2/c1-4-6-14-30(15-7-5-2)16-8-13-29-19-21-10-12-25(26(18-21)31-3)32-20-22-9-11-23(27)24(28)17-22/h9-12,17-18,29H,4-8,13-16,19-20H2,1-3H3. The van der Waals surface area contributed by atoms with Crippen LogP contribution in [0.3, 0.4) is 0 Å². The van der Waals surface area contributed by atoms with Gasteiger partial charge in [-0.1, -0.05) is 62.0 Å². The number of rotatable bonds is 16. The summed E-state index contributed by atoms with van der Waals surface area (Å²) >= 11 is 12.1. The van der Waals surface area contributed by atoms with Crippen LogP contribution in [0, 0.1) is 0 Å². The SMILES string of the molecule is CCCCN(CCCC)CCCNCc1ccc(OCc2ccc(Cl)c(Cl)c2)c(OC)c1. The van der Waals surface area contributed by atoms with Crippen LogP contribution in [0.2, 0.25) is 10.0 Å². The van der Waals surface area contributed by atoms with E-state index in [1.165, 1.54) is 44.3 Å². The van der Waals surface area contributed by atoms with Gasteiger partial charge in [-0.2, -0.15) is 0 Å². The summed E-state index contributed by atoms with van der Waals surface area (Å²) in [4.78, 5) is 2.61. The van der Waals surface area contributed by atoms with Crippen LogP contribution in [0.5, 0.6) is 11.5 Å². The second kappa shape index (κ2) is 15.4. The van der Waals surface area contributed by atoms with E-state index >= 15 is 0 Å². The molecule has 6 heteroatoms. The number of unbranched alkanes of at least 4 members (excludes halogenated alkanes) is 2. The van der Waals surface area contributed by atoms with Crippen molar-refractivity contribution in [2.75, 3.05) is 33.3 Å². The molecule has 2 rings (SSSR count). The highest BCUT2D eigenvalue weighted by Gasteiger charge is 2.08. The van der Waals surface area contributed by atoms with Gasteiger partial charge in [-0.25, -0.2) is 0 Å². The van der Waals surface area contributed by atoms with Gasteiger partial charge in [-0.05, 0) is 80.8 Å². The third-order valence-electron chi connectivity index (χ3n) is 5.42. The van der Waals surface area contributed by atoms with Crippen molar-refractivity contribution in [1.29, 1.82) is 0 Å². The Morgan fingerprint density at radius 3 is 2.16 bits per heavy atom. The summed E-state index contributed by atoms with van der Waals surface area (Å²) in [6, 6.07) is 11.6. The smallest absolute Gasteiger partial charge is 0.161 e. The number of nitrogens with one attached hydrogen (secondary N) is 1. The van der Waals surface area contributed by atoms with E-state index in [0.717, 1.165) is 37.4 Å². The van der Waals surface area contributed by atoms with E-state index in [9.17, 15) is 0 Å². The molecule has 0 spiro atoms. The van der Waals surface area contributed by atoms with Gasteiger partial charge in [0.25, 0.3) is 0 Å². The first-order chi connectivity index (χ1) is 15.6. The van der Waals surface area contributed by atoms with E-state index in [2.05, 4.69) is 30.1 Å². The zero-order chi connectivity index (χ0) is 23.2. The molecule has 1 N–H and O–H groups in total. The van der Waals surface area contributed by atoms with Crippen LogP contribution < -0.4 is 14.8 Å². The number of hydrogen-bond acceptors (Lipinski definition) is 4. The fourth-order valence-corrected chi connectivity index (χ4v) is 3.81. The summed E-state index contributed by atoms with van der Waals surface area (Å²) in [6.45, 7) is 10.3. The summed E-state index contributed by atoms with van der Waals surface area (Å²) in [5, 5.41) is 4.63. The molecule has 0 saturated carbocycles. The Kier molecular flexibility index (Phi) is 12.9. The van der Waals surface area contributed by atoms with Gasteiger partial charge in [-0.3, -0.25) is 0 Å². The fourth-order valence-electron chi connectivity index (χ4n) is 3.49. The molecule has 0 unspecified atom stereocenters. The van der Waals surface area contributed by atoms with E-state index in [4.69, 9.17) is 32.7 Å². The quantitative estimate of drug-likeness (QED) is 0.263. The summed E-state index contributed by atoms with van der Waals surface area (Å²) in [5.41, 5.74) is 2.14. The number of ether oxygens (including phenoxy) is 2. The molecule has 0 bridgehead atoms. The Bertz CT molecular complexity index is 793. The van der Waals surface area contributed by atoms with Gasteiger partial charge in [-0.15, -0.1) is 0 Å². The summed E-state index contributed by atoms with van der Waals surface area (Å²) in [6.07, 6.45) is 6.26. The minimum Gasteiger partial charge on any atom is -0.493 e. The van der Waals surface area contributed by atoms with Crippen LogP contribution in [0.1, 0.15) is 57.1 Å². The van der Waals surface area contributed by atoms with E-state index < -0.39 is 0 Å². The Hall–Kier alpha value is -1.46. The van der Waals surface area contributed by atoms with Crippen molar-refractivity contribution < 1.29 is 9.47 Å². The van der Waals surface area contributed by atoms with Crippen molar-refractivity contribution in [3.63, 3.8) is 0 Å². The molecule has 0 aromatic heterocycles. The topological polar surface area (TPSA) is 33.7 Å². The number of benzene rings is 2. The van der Waals surface area contributed by atoms with Gasteiger partial charge in [0.15, 0.2) is 11.5 Å². The van der Waals surface area contributed by atoms with E-state index in [1.807, 2.05) is 24.3 Å². The Morgan fingerprint density at radius 2 is 1.50 bits per heavy atom. The van der Waals surface area contributed by atoms with Crippen molar-refractivity contribution in [3.05, 3.63) is 57.6 Å².